The van der Waals surface area contributed by atoms with Gasteiger partial charge in [-0.05, 0) is 42.7 Å². The zero-order valence-corrected chi connectivity index (χ0v) is 14.8. The first-order valence-electron chi connectivity index (χ1n) is 8.86. The number of phenolic OH excluding ortho intramolecular Hbond substituents is 1. The smallest absolute Gasteiger partial charge is 0.250 e. The van der Waals surface area contributed by atoms with Gasteiger partial charge in [0, 0.05) is 19.6 Å². The summed E-state index contributed by atoms with van der Waals surface area (Å²) in [6, 6.07) is 13.3. The number of methoxy groups -OCH3 is 1. The number of ether oxygens (including phenoxy) is 1. The van der Waals surface area contributed by atoms with Crippen molar-refractivity contribution >= 4 is 17.3 Å². The second kappa shape index (κ2) is 6.53. The SMILES string of the molecule is COc1cc(CN2CCC3(CC2)Nc2ccccc2NC3=O)ccc1O. The largest absolute Gasteiger partial charge is 0.504 e. The topological polar surface area (TPSA) is 73.8 Å². The zero-order valence-electron chi connectivity index (χ0n) is 14.8. The van der Waals surface area contributed by atoms with Crippen molar-refractivity contribution in [3.05, 3.63) is 48.0 Å². The Morgan fingerprint density at radius 2 is 1.88 bits per heavy atom. The van der Waals surface area contributed by atoms with Crippen molar-refractivity contribution in [1.82, 2.24) is 4.90 Å². The van der Waals surface area contributed by atoms with Crippen molar-refractivity contribution in [2.45, 2.75) is 24.9 Å². The highest BCUT2D eigenvalue weighted by molar-refractivity contribution is 6.06. The van der Waals surface area contributed by atoms with Crippen LogP contribution in [0.5, 0.6) is 11.5 Å². The molecule has 2 heterocycles. The number of nitrogens with zero attached hydrogens (tertiary/aromatic N) is 1. The Bertz CT molecular complexity index is 829. The van der Waals surface area contributed by atoms with Crippen LogP contribution in [-0.4, -0.2) is 41.7 Å². The van der Waals surface area contributed by atoms with E-state index in [-0.39, 0.29) is 11.7 Å². The normalized spacial score (nSPS) is 18.7. The molecule has 26 heavy (non-hydrogen) atoms. The molecule has 2 aliphatic heterocycles. The minimum Gasteiger partial charge on any atom is -0.504 e. The molecular weight excluding hydrogens is 330 g/mol. The lowest BCUT2D eigenvalue weighted by Gasteiger charge is -2.44. The van der Waals surface area contributed by atoms with Gasteiger partial charge in [0.25, 0.3) is 0 Å². The summed E-state index contributed by atoms with van der Waals surface area (Å²) >= 11 is 0. The van der Waals surface area contributed by atoms with Crippen LogP contribution in [0.4, 0.5) is 11.4 Å². The molecular formula is C20H23N3O3. The molecule has 3 N–H and O–H groups in total. The van der Waals surface area contributed by atoms with Gasteiger partial charge in [-0.2, -0.15) is 0 Å². The number of nitrogens with one attached hydrogen (secondary N) is 2. The fourth-order valence-corrected chi connectivity index (χ4v) is 3.78. The molecule has 2 aromatic carbocycles. The molecule has 1 amide bonds. The lowest BCUT2D eigenvalue weighted by atomic mass is 9.84. The van der Waals surface area contributed by atoms with E-state index in [0.29, 0.717) is 5.75 Å². The molecule has 4 rings (SSSR count). The number of phenols is 1. The molecule has 0 radical (unpaired) electrons. The quantitative estimate of drug-likeness (QED) is 0.791. The predicted octanol–water partition coefficient (Wildman–Crippen LogP) is 2.80. The van der Waals surface area contributed by atoms with Crippen molar-refractivity contribution in [3.63, 3.8) is 0 Å². The maximum Gasteiger partial charge on any atom is 0.250 e. The number of aromatic hydroxyl groups is 1. The first-order valence-corrected chi connectivity index (χ1v) is 8.86. The predicted molar refractivity (Wildman–Crippen MR) is 101 cm³/mol. The Kier molecular flexibility index (Phi) is 4.20. The Balaban J connectivity index is 1.44. The lowest BCUT2D eigenvalue weighted by Crippen LogP contribution is -2.58. The minimum atomic E-state index is -0.530. The van der Waals surface area contributed by atoms with E-state index in [1.807, 2.05) is 36.4 Å². The Morgan fingerprint density at radius 3 is 2.62 bits per heavy atom. The number of likely N-dealkylation sites (tertiary alicyclic amines) is 1. The van der Waals surface area contributed by atoms with E-state index in [9.17, 15) is 9.90 Å². The molecule has 2 aromatic rings. The number of amides is 1. The third-order valence-corrected chi connectivity index (χ3v) is 5.34. The van der Waals surface area contributed by atoms with Gasteiger partial charge in [0.2, 0.25) is 5.91 Å². The van der Waals surface area contributed by atoms with Crippen LogP contribution in [0.2, 0.25) is 0 Å². The molecule has 0 saturated carbocycles. The summed E-state index contributed by atoms with van der Waals surface area (Å²) in [5.74, 6) is 0.693. The lowest BCUT2D eigenvalue weighted by molar-refractivity contribution is -0.122. The maximum absolute atomic E-state index is 12.7. The van der Waals surface area contributed by atoms with Gasteiger partial charge < -0.3 is 20.5 Å². The molecule has 0 unspecified atom stereocenters. The highest BCUT2D eigenvalue weighted by Gasteiger charge is 2.44. The van der Waals surface area contributed by atoms with Crippen LogP contribution in [0, 0.1) is 0 Å². The van der Waals surface area contributed by atoms with E-state index in [2.05, 4.69) is 15.5 Å². The van der Waals surface area contributed by atoms with Crippen LogP contribution in [0.1, 0.15) is 18.4 Å². The van der Waals surface area contributed by atoms with Crippen LogP contribution >= 0.6 is 0 Å². The molecule has 2 aliphatic rings. The molecule has 1 fully saturated rings. The average Bonchev–Trinajstić information content (AvgIpc) is 2.66. The summed E-state index contributed by atoms with van der Waals surface area (Å²) in [6.45, 7) is 2.42. The van der Waals surface area contributed by atoms with Crippen LogP contribution in [-0.2, 0) is 11.3 Å². The fraction of sp³-hybridized carbons (Fsp3) is 0.350. The van der Waals surface area contributed by atoms with E-state index in [1.165, 1.54) is 0 Å². The van der Waals surface area contributed by atoms with Crippen LogP contribution in [0.3, 0.4) is 0 Å². The fourth-order valence-electron chi connectivity index (χ4n) is 3.78. The van der Waals surface area contributed by atoms with Gasteiger partial charge >= 0.3 is 0 Å². The maximum atomic E-state index is 12.7. The van der Waals surface area contributed by atoms with Crippen LogP contribution in [0.25, 0.3) is 0 Å². The first kappa shape index (κ1) is 16.7. The van der Waals surface area contributed by atoms with Crippen LogP contribution in [0.15, 0.2) is 42.5 Å². The van der Waals surface area contributed by atoms with Gasteiger partial charge in [-0.15, -0.1) is 0 Å². The zero-order chi connectivity index (χ0) is 18.1. The number of rotatable bonds is 3. The summed E-state index contributed by atoms with van der Waals surface area (Å²) in [6.07, 6.45) is 1.50. The Labute approximate surface area is 152 Å². The van der Waals surface area contributed by atoms with Gasteiger partial charge in [0.1, 0.15) is 5.54 Å². The van der Waals surface area contributed by atoms with Gasteiger partial charge in [-0.25, -0.2) is 0 Å². The van der Waals surface area contributed by atoms with Crippen molar-refractivity contribution in [3.8, 4) is 11.5 Å². The van der Waals surface area contributed by atoms with Crippen molar-refractivity contribution in [2.24, 2.45) is 0 Å². The molecule has 0 aliphatic carbocycles. The van der Waals surface area contributed by atoms with Crippen molar-refractivity contribution in [1.29, 1.82) is 0 Å². The molecule has 1 saturated heterocycles. The summed E-state index contributed by atoms with van der Waals surface area (Å²) in [4.78, 5) is 15.0. The van der Waals surface area contributed by atoms with Gasteiger partial charge in [0.15, 0.2) is 11.5 Å². The first-order chi connectivity index (χ1) is 12.6. The summed E-state index contributed by atoms with van der Waals surface area (Å²) in [7, 11) is 1.55. The van der Waals surface area contributed by atoms with Crippen molar-refractivity contribution in [2.75, 3.05) is 30.8 Å². The monoisotopic (exact) mass is 353 g/mol. The number of hydrogen-bond donors (Lipinski definition) is 3. The number of benzene rings is 2. The number of fused-ring (bicyclic) bond motifs is 1. The number of carbonyl (C=O) groups excluding carboxylic acids is 1. The molecule has 0 atom stereocenters. The number of para-hydroxylation sites is 2. The molecule has 1 spiro atoms. The molecule has 0 bridgehead atoms. The summed E-state index contributed by atoms with van der Waals surface area (Å²) in [5, 5.41) is 16.2. The van der Waals surface area contributed by atoms with Crippen molar-refractivity contribution < 1.29 is 14.6 Å². The third-order valence-electron chi connectivity index (χ3n) is 5.34. The van der Waals surface area contributed by atoms with Crippen LogP contribution < -0.4 is 15.4 Å². The Morgan fingerprint density at radius 1 is 1.15 bits per heavy atom. The second-order valence-electron chi connectivity index (χ2n) is 6.99. The second-order valence-corrected chi connectivity index (χ2v) is 6.99. The van der Waals surface area contributed by atoms with E-state index in [0.717, 1.165) is 49.4 Å². The van der Waals surface area contributed by atoms with E-state index >= 15 is 0 Å². The summed E-state index contributed by atoms with van der Waals surface area (Å²) < 4.78 is 5.18. The molecule has 136 valence electrons. The Hall–Kier alpha value is -2.73. The molecule has 0 aromatic heterocycles. The molecule has 6 heteroatoms. The van der Waals surface area contributed by atoms with E-state index in [4.69, 9.17) is 4.74 Å². The number of piperidine rings is 1. The van der Waals surface area contributed by atoms with Gasteiger partial charge in [-0.3, -0.25) is 9.69 Å². The standard InChI is InChI=1S/C20H23N3O3/c1-26-18-12-14(6-7-17(18)24)13-23-10-8-20(9-11-23)19(25)21-15-4-2-3-5-16(15)22-20/h2-7,12,22,24H,8-11,13H2,1H3,(H,21,25). The highest BCUT2D eigenvalue weighted by atomic mass is 16.5. The highest BCUT2D eigenvalue weighted by Crippen LogP contribution is 2.36. The molecule has 6 nitrogen and oxygen atoms in total. The van der Waals surface area contributed by atoms with E-state index in [1.54, 1.807) is 13.2 Å². The van der Waals surface area contributed by atoms with E-state index < -0.39 is 5.54 Å². The number of hydrogen-bond acceptors (Lipinski definition) is 5. The summed E-state index contributed by atoms with van der Waals surface area (Å²) in [5.41, 5.74) is 2.39. The minimum absolute atomic E-state index is 0.0575. The average molecular weight is 353 g/mol. The number of anilines is 2. The third kappa shape index (κ3) is 2.97. The number of carbonyl (C=O) groups is 1. The van der Waals surface area contributed by atoms with Gasteiger partial charge in [-0.1, -0.05) is 18.2 Å². The van der Waals surface area contributed by atoms with Gasteiger partial charge in [0.05, 0.1) is 18.5 Å².